The quantitative estimate of drug-likeness (QED) is 0.648. The Bertz CT molecular complexity index is 910. The molecule has 1 N–H and O–H groups in total. The van der Waals surface area contributed by atoms with Gasteiger partial charge in [0.1, 0.15) is 11.6 Å². The summed E-state index contributed by atoms with van der Waals surface area (Å²) in [5.41, 5.74) is 3.70. The molecule has 0 unspecified atom stereocenters. The van der Waals surface area contributed by atoms with Crippen LogP contribution in [-0.4, -0.2) is 10.9 Å². The molecule has 0 aliphatic rings. The molecule has 132 valence electrons. The van der Waals surface area contributed by atoms with E-state index in [0.717, 1.165) is 0 Å². The highest BCUT2D eigenvalue weighted by molar-refractivity contribution is 7.07. The number of thiazole rings is 1. The number of benzene rings is 2. The van der Waals surface area contributed by atoms with Crippen molar-refractivity contribution in [3.8, 4) is 0 Å². The van der Waals surface area contributed by atoms with E-state index in [-0.39, 0.29) is 17.5 Å². The summed E-state index contributed by atoms with van der Waals surface area (Å²) in [5, 5.41) is 4.67. The predicted molar refractivity (Wildman–Crippen MR) is 98.5 cm³/mol. The number of nitrogens with zero attached hydrogens (tertiary/aromatic N) is 1. The number of halogens is 2. The summed E-state index contributed by atoms with van der Waals surface area (Å²) in [6.07, 6.45) is 3.33. The van der Waals surface area contributed by atoms with Crippen LogP contribution >= 0.6 is 11.3 Å². The average molecular weight is 370 g/mol. The molecule has 1 atom stereocenters. The summed E-state index contributed by atoms with van der Waals surface area (Å²) < 4.78 is 27.1. The zero-order valence-corrected chi connectivity index (χ0v) is 14.5. The first-order valence-corrected chi connectivity index (χ1v) is 8.91. The Morgan fingerprint density at radius 2 is 1.92 bits per heavy atom. The molecule has 0 saturated heterocycles. The molecule has 6 heteroatoms. The highest BCUT2D eigenvalue weighted by Crippen LogP contribution is 2.20. The van der Waals surface area contributed by atoms with Gasteiger partial charge in [-0.1, -0.05) is 24.3 Å². The monoisotopic (exact) mass is 370 g/mol. The third kappa shape index (κ3) is 5.07. The Hall–Kier alpha value is -2.86. The number of rotatable bonds is 6. The van der Waals surface area contributed by atoms with Crippen LogP contribution in [-0.2, 0) is 11.2 Å². The zero-order chi connectivity index (χ0) is 18.4. The number of amides is 1. The summed E-state index contributed by atoms with van der Waals surface area (Å²) in [6, 6.07) is 11.7. The smallest absolute Gasteiger partial charge is 0.244 e. The van der Waals surface area contributed by atoms with Crippen molar-refractivity contribution in [3.05, 3.63) is 94.0 Å². The van der Waals surface area contributed by atoms with E-state index in [2.05, 4.69) is 10.3 Å². The molecule has 2 aromatic carbocycles. The van der Waals surface area contributed by atoms with Crippen LogP contribution in [0.15, 0.2) is 65.5 Å². The molecular formula is C20H16F2N2OS. The van der Waals surface area contributed by atoms with Crippen molar-refractivity contribution < 1.29 is 13.6 Å². The maximum absolute atomic E-state index is 13.6. The van der Waals surface area contributed by atoms with Gasteiger partial charge in [-0.05, 0) is 47.9 Å². The molecule has 1 heterocycles. The predicted octanol–water partition coefficient (Wildman–Crippen LogP) is 4.53. The Balaban J connectivity index is 1.79. The highest BCUT2D eigenvalue weighted by atomic mass is 32.1. The minimum Gasteiger partial charge on any atom is -0.345 e. The molecule has 0 saturated carbocycles. The van der Waals surface area contributed by atoms with Gasteiger partial charge in [0, 0.05) is 11.5 Å². The normalized spacial score (nSPS) is 12.2. The lowest BCUT2D eigenvalue weighted by atomic mass is 9.98. The molecule has 0 bridgehead atoms. The van der Waals surface area contributed by atoms with Crippen LogP contribution in [0.2, 0.25) is 0 Å². The standard InChI is InChI=1S/C20H16F2N2OS/c21-16-5-1-3-14(9-16)10-19(15-4-2-6-17(22)11-15)24-20(25)8-7-18-12-26-13-23-18/h1-9,11-13,19H,10H2,(H,24,25)/b8-7+/t19-/m0/s1. The zero-order valence-electron chi connectivity index (χ0n) is 13.7. The van der Waals surface area contributed by atoms with Gasteiger partial charge in [-0.15, -0.1) is 11.3 Å². The van der Waals surface area contributed by atoms with Crippen molar-refractivity contribution in [2.45, 2.75) is 12.5 Å². The molecule has 3 rings (SSSR count). The van der Waals surface area contributed by atoms with E-state index in [1.54, 1.807) is 35.9 Å². The van der Waals surface area contributed by atoms with Gasteiger partial charge >= 0.3 is 0 Å². The Kier molecular flexibility index (Phi) is 5.86. The third-order valence-corrected chi connectivity index (χ3v) is 4.36. The summed E-state index contributed by atoms with van der Waals surface area (Å²) in [4.78, 5) is 16.3. The van der Waals surface area contributed by atoms with E-state index >= 15 is 0 Å². The second-order valence-electron chi connectivity index (χ2n) is 5.70. The van der Waals surface area contributed by atoms with E-state index in [9.17, 15) is 13.6 Å². The highest BCUT2D eigenvalue weighted by Gasteiger charge is 2.15. The van der Waals surface area contributed by atoms with Crippen LogP contribution in [0.4, 0.5) is 8.78 Å². The first kappa shape index (κ1) is 17.9. The molecule has 26 heavy (non-hydrogen) atoms. The van der Waals surface area contributed by atoms with Gasteiger partial charge < -0.3 is 5.32 Å². The van der Waals surface area contributed by atoms with Crippen molar-refractivity contribution in [3.63, 3.8) is 0 Å². The Morgan fingerprint density at radius 1 is 1.15 bits per heavy atom. The van der Waals surface area contributed by atoms with Gasteiger partial charge in [-0.25, -0.2) is 13.8 Å². The molecule has 1 amide bonds. The number of nitrogens with one attached hydrogen (secondary N) is 1. The minimum absolute atomic E-state index is 0.330. The molecule has 0 spiro atoms. The van der Waals surface area contributed by atoms with Gasteiger partial charge in [0.25, 0.3) is 0 Å². The molecule has 0 radical (unpaired) electrons. The second-order valence-corrected chi connectivity index (χ2v) is 6.42. The van der Waals surface area contributed by atoms with Crippen molar-refractivity contribution in [2.75, 3.05) is 0 Å². The molecule has 3 nitrogen and oxygen atoms in total. The number of aromatic nitrogens is 1. The molecule has 0 aliphatic carbocycles. The lowest BCUT2D eigenvalue weighted by Crippen LogP contribution is -2.28. The summed E-state index contributed by atoms with van der Waals surface area (Å²) in [7, 11) is 0. The Labute approximate surface area is 154 Å². The number of carbonyl (C=O) groups is 1. The van der Waals surface area contributed by atoms with Crippen molar-refractivity contribution in [1.82, 2.24) is 10.3 Å². The first-order valence-electron chi connectivity index (χ1n) is 7.97. The lowest BCUT2D eigenvalue weighted by molar-refractivity contribution is -0.117. The Morgan fingerprint density at radius 3 is 2.62 bits per heavy atom. The molecule has 1 aromatic heterocycles. The number of hydrogen-bond donors (Lipinski definition) is 1. The SMILES string of the molecule is O=C(/C=C/c1cscn1)N[C@@H](Cc1cccc(F)c1)c1cccc(F)c1. The van der Waals surface area contributed by atoms with Crippen LogP contribution in [0.25, 0.3) is 6.08 Å². The largest absolute Gasteiger partial charge is 0.345 e. The van der Waals surface area contributed by atoms with Crippen LogP contribution < -0.4 is 5.32 Å². The second kappa shape index (κ2) is 8.49. The fourth-order valence-corrected chi connectivity index (χ4v) is 3.08. The van der Waals surface area contributed by atoms with Gasteiger partial charge in [0.2, 0.25) is 5.91 Å². The van der Waals surface area contributed by atoms with Crippen LogP contribution in [0, 0.1) is 11.6 Å². The third-order valence-electron chi connectivity index (χ3n) is 3.75. The van der Waals surface area contributed by atoms with Crippen LogP contribution in [0.1, 0.15) is 22.9 Å². The van der Waals surface area contributed by atoms with E-state index in [1.807, 2.05) is 5.38 Å². The van der Waals surface area contributed by atoms with Crippen LogP contribution in [0.3, 0.4) is 0 Å². The summed E-state index contributed by atoms with van der Waals surface area (Å²) >= 11 is 1.44. The van der Waals surface area contributed by atoms with Gasteiger partial charge in [0.05, 0.1) is 17.2 Å². The topological polar surface area (TPSA) is 42.0 Å². The number of hydrogen-bond acceptors (Lipinski definition) is 3. The first-order chi connectivity index (χ1) is 12.6. The van der Waals surface area contributed by atoms with Crippen molar-refractivity contribution in [1.29, 1.82) is 0 Å². The van der Waals surface area contributed by atoms with E-state index in [1.165, 1.54) is 41.7 Å². The summed E-state index contributed by atoms with van der Waals surface area (Å²) in [5.74, 6) is -1.07. The summed E-state index contributed by atoms with van der Waals surface area (Å²) in [6.45, 7) is 0. The maximum Gasteiger partial charge on any atom is 0.244 e. The van der Waals surface area contributed by atoms with Gasteiger partial charge in [0.15, 0.2) is 0 Å². The average Bonchev–Trinajstić information content (AvgIpc) is 3.13. The molecule has 3 aromatic rings. The fraction of sp³-hybridized carbons (Fsp3) is 0.100. The van der Waals surface area contributed by atoms with Gasteiger partial charge in [-0.3, -0.25) is 4.79 Å². The molecular weight excluding hydrogens is 354 g/mol. The molecule has 0 fully saturated rings. The maximum atomic E-state index is 13.6. The van der Waals surface area contributed by atoms with E-state index in [4.69, 9.17) is 0 Å². The lowest BCUT2D eigenvalue weighted by Gasteiger charge is -2.19. The van der Waals surface area contributed by atoms with Crippen LogP contribution in [0.5, 0.6) is 0 Å². The van der Waals surface area contributed by atoms with Crippen molar-refractivity contribution >= 4 is 23.3 Å². The van der Waals surface area contributed by atoms with Crippen molar-refractivity contribution in [2.24, 2.45) is 0 Å². The van der Waals surface area contributed by atoms with E-state index in [0.29, 0.717) is 23.2 Å². The fourth-order valence-electron chi connectivity index (χ4n) is 2.56. The number of carbonyl (C=O) groups excluding carboxylic acids is 1. The minimum atomic E-state index is -0.486. The van der Waals surface area contributed by atoms with E-state index < -0.39 is 6.04 Å². The van der Waals surface area contributed by atoms with Gasteiger partial charge in [-0.2, -0.15) is 0 Å². The molecule has 0 aliphatic heterocycles.